The average molecular weight is 232 g/mol. The molecular weight excluding hydrogens is 215 g/mol. The fourth-order valence-corrected chi connectivity index (χ4v) is 2.11. The number of pyridine rings is 1. The summed E-state index contributed by atoms with van der Waals surface area (Å²) in [6.07, 6.45) is 1.88. The van der Waals surface area contributed by atoms with Crippen LogP contribution in [0.25, 0.3) is 10.9 Å². The molecule has 90 valence electrons. The molecule has 3 heteroatoms. The summed E-state index contributed by atoms with van der Waals surface area (Å²) in [6.45, 7) is 4.07. The van der Waals surface area contributed by atoms with Crippen molar-refractivity contribution in [3.8, 4) is 0 Å². The Morgan fingerprint density at radius 3 is 2.76 bits per heavy atom. The number of fused-ring (bicyclic) bond motifs is 1. The lowest BCUT2D eigenvalue weighted by Gasteiger charge is -2.11. The quantitative estimate of drug-likeness (QED) is 0.873. The van der Waals surface area contributed by atoms with Crippen LogP contribution in [0.4, 0.5) is 10.1 Å². The molecule has 0 aliphatic heterocycles. The van der Waals surface area contributed by atoms with E-state index < -0.39 is 0 Å². The van der Waals surface area contributed by atoms with Gasteiger partial charge in [0.2, 0.25) is 0 Å². The van der Waals surface area contributed by atoms with Crippen LogP contribution in [-0.4, -0.2) is 12.0 Å². The lowest BCUT2D eigenvalue weighted by Crippen LogP contribution is -1.99. The van der Waals surface area contributed by atoms with E-state index in [1.165, 1.54) is 6.07 Å². The van der Waals surface area contributed by atoms with Crippen molar-refractivity contribution in [2.75, 3.05) is 12.4 Å². The summed E-state index contributed by atoms with van der Waals surface area (Å²) >= 11 is 0. The minimum atomic E-state index is -0.250. The lowest BCUT2D eigenvalue weighted by atomic mass is 10.1. The van der Waals surface area contributed by atoms with Gasteiger partial charge in [-0.2, -0.15) is 0 Å². The number of nitrogens with zero attached hydrogens (tertiary/aromatic N) is 1. The minimum absolute atomic E-state index is 0.250. The minimum Gasteiger partial charge on any atom is -0.388 e. The molecule has 0 fully saturated rings. The highest BCUT2D eigenvalue weighted by molar-refractivity contribution is 5.94. The van der Waals surface area contributed by atoms with Crippen LogP contribution in [0.15, 0.2) is 18.2 Å². The molecule has 0 saturated heterocycles. The third-order valence-electron chi connectivity index (χ3n) is 2.95. The van der Waals surface area contributed by atoms with E-state index in [-0.39, 0.29) is 5.82 Å². The van der Waals surface area contributed by atoms with Crippen LogP contribution in [0.5, 0.6) is 0 Å². The van der Waals surface area contributed by atoms with Crippen LogP contribution in [-0.2, 0) is 6.42 Å². The third-order valence-corrected chi connectivity index (χ3v) is 2.95. The van der Waals surface area contributed by atoms with E-state index in [1.807, 2.05) is 20.0 Å². The molecule has 17 heavy (non-hydrogen) atoms. The van der Waals surface area contributed by atoms with Gasteiger partial charge in [0.15, 0.2) is 0 Å². The zero-order chi connectivity index (χ0) is 12.4. The first-order chi connectivity index (χ1) is 8.17. The molecule has 2 nitrogen and oxygen atoms in total. The Morgan fingerprint density at radius 2 is 2.12 bits per heavy atom. The Balaban J connectivity index is 2.77. The standard InChI is InChI=1S/C14H17FN2/c1-4-5-10-8-12(16-3)13-9(2)6-7-11(15)14(13)17-10/h6-8H,4-5H2,1-3H3,(H,16,17). The van der Waals surface area contributed by atoms with Crippen molar-refractivity contribution in [2.24, 2.45) is 0 Å². The van der Waals surface area contributed by atoms with Crippen LogP contribution in [0.2, 0.25) is 0 Å². The number of anilines is 1. The van der Waals surface area contributed by atoms with Gasteiger partial charge in [0.1, 0.15) is 11.3 Å². The summed E-state index contributed by atoms with van der Waals surface area (Å²) in [6, 6.07) is 5.29. The first-order valence-electron chi connectivity index (χ1n) is 5.93. The number of halogens is 1. The Kier molecular flexibility index (Phi) is 3.27. The van der Waals surface area contributed by atoms with Gasteiger partial charge in [-0.15, -0.1) is 0 Å². The first kappa shape index (κ1) is 11.8. The molecular formula is C14H17FN2. The zero-order valence-electron chi connectivity index (χ0n) is 10.5. The number of nitrogens with one attached hydrogen (secondary N) is 1. The van der Waals surface area contributed by atoms with Crippen LogP contribution >= 0.6 is 0 Å². The smallest absolute Gasteiger partial charge is 0.149 e. The highest BCUT2D eigenvalue weighted by atomic mass is 19.1. The molecule has 0 saturated carbocycles. The number of benzene rings is 1. The van der Waals surface area contributed by atoms with E-state index in [0.29, 0.717) is 5.52 Å². The topological polar surface area (TPSA) is 24.9 Å². The van der Waals surface area contributed by atoms with Crippen LogP contribution in [0, 0.1) is 12.7 Å². The van der Waals surface area contributed by atoms with Crippen molar-refractivity contribution < 1.29 is 4.39 Å². The zero-order valence-corrected chi connectivity index (χ0v) is 10.5. The number of rotatable bonds is 3. The van der Waals surface area contributed by atoms with E-state index >= 15 is 0 Å². The van der Waals surface area contributed by atoms with Gasteiger partial charge in [-0.3, -0.25) is 0 Å². The Morgan fingerprint density at radius 1 is 1.35 bits per heavy atom. The van der Waals surface area contributed by atoms with Gasteiger partial charge < -0.3 is 5.32 Å². The number of aryl methyl sites for hydroxylation is 2. The first-order valence-corrected chi connectivity index (χ1v) is 5.93. The number of hydrogen-bond acceptors (Lipinski definition) is 2. The predicted octanol–water partition coefficient (Wildman–Crippen LogP) is 3.68. The van der Waals surface area contributed by atoms with E-state index in [0.717, 1.165) is 35.2 Å². The van der Waals surface area contributed by atoms with Crippen LogP contribution in [0.1, 0.15) is 24.6 Å². The average Bonchev–Trinajstić information content (AvgIpc) is 2.33. The van der Waals surface area contributed by atoms with Crippen molar-refractivity contribution in [3.63, 3.8) is 0 Å². The van der Waals surface area contributed by atoms with E-state index in [2.05, 4.69) is 17.2 Å². The lowest BCUT2D eigenvalue weighted by molar-refractivity contribution is 0.636. The fraction of sp³-hybridized carbons (Fsp3) is 0.357. The number of hydrogen-bond donors (Lipinski definition) is 1. The maximum atomic E-state index is 13.8. The van der Waals surface area contributed by atoms with Crippen molar-refractivity contribution in [1.29, 1.82) is 0 Å². The Labute approximate surface area is 101 Å². The van der Waals surface area contributed by atoms with Gasteiger partial charge in [-0.1, -0.05) is 19.4 Å². The second-order valence-corrected chi connectivity index (χ2v) is 4.25. The molecule has 0 atom stereocenters. The van der Waals surface area contributed by atoms with Crippen molar-refractivity contribution in [1.82, 2.24) is 4.98 Å². The largest absolute Gasteiger partial charge is 0.388 e. The highest BCUT2D eigenvalue weighted by Crippen LogP contribution is 2.28. The van der Waals surface area contributed by atoms with E-state index in [4.69, 9.17) is 0 Å². The third kappa shape index (κ3) is 2.09. The van der Waals surface area contributed by atoms with Crippen molar-refractivity contribution in [2.45, 2.75) is 26.7 Å². The summed E-state index contributed by atoms with van der Waals surface area (Å²) in [5.74, 6) is -0.250. The van der Waals surface area contributed by atoms with Crippen LogP contribution in [0.3, 0.4) is 0 Å². The normalized spacial score (nSPS) is 10.8. The SMILES string of the molecule is CCCc1cc(NC)c2c(C)ccc(F)c2n1. The van der Waals surface area contributed by atoms with Gasteiger partial charge in [0.05, 0.1) is 0 Å². The highest BCUT2D eigenvalue weighted by Gasteiger charge is 2.10. The summed E-state index contributed by atoms with van der Waals surface area (Å²) < 4.78 is 13.8. The second-order valence-electron chi connectivity index (χ2n) is 4.25. The molecule has 0 spiro atoms. The maximum Gasteiger partial charge on any atom is 0.149 e. The molecule has 2 rings (SSSR count). The maximum absolute atomic E-state index is 13.8. The van der Waals surface area contributed by atoms with Gasteiger partial charge in [0, 0.05) is 23.8 Å². The monoisotopic (exact) mass is 232 g/mol. The molecule has 1 heterocycles. The van der Waals surface area contributed by atoms with Crippen LogP contribution < -0.4 is 5.32 Å². The van der Waals surface area contributed by atoms with Gasteiger partial charge in [-0.05, 0) is 31.0 Å². The molecule has 0 aliphatic rings. The van der Waals surface area contributed by atoms with Crippen molar-refractivity contribution in [3.05, 3.63) is 35.3 Å². The molecule has 1 aromatic heterocycles. The van der Waals surface area contributed by atoms with Gasteiger partial charge in [-0.25, -0.2) is 9.37 Å². The predicted molar refractivity (Wildman–Crippen MR) is 70.0 cm³/mol. The Bertz CT molecular complexity index is 549. The number of aromatic nitrogens is 1. The van der Waals surface area contributed by atoms with Crippen molar-refractivity contribution >= 4 is 16.6 Å². The van der Waals surface area contributed by atoms with Gasteiger partial charge in [0.25, 0.3) is 0 Å². The van der Waals surface area contributed by atoms with E-state index in [9.17, 15) is 4.39 Å². The van der Waals surface area contributed by atoms with Gasteiger partial charge >= 0.3 is 0 Å². The fourth-order valence-electron chi connectivity index (χ4n) is 2.11. The molecule has 1 N–H and O–H groups in total. The summed E-state index contributed by atoms with van der Waals surface area (Å²) in [7, 11) is 1.86. The molecule has 0 radical (unpaired) electrons. The molecule has 0 unspecified atom stereocenters. The Hall–Kier alpha value is -1.64. The van der Waals surface area contributed by atoms with E-state index in [1.54, 1.807) is 6.07 Å². The second kappa shape index (κ2) is 4.70. The molecule has 0 bridgehead atoms. The summed E-state index contributed by atoms with van der Waals surface area (Å²) in [5, 5.41) is 4.01. The summed E-state index contributed by atoms with van der Waals surface area (Å²) in [4.78, 5) is 4.42. The molecule has 2 aromatic rings. The molecule has 1 aromatic carbocycles. The molecule has 0 amide bonds. The molecule has 0 aliphatic carbocycles. The summed E-state index contributed by atoms with van der Waals surface area (Å²) in [5.41, 5.74) is 3.41.